The maximum atomic E-state index is 12.3. The molecule has 2 fully saturated rings. The lowest BCUT2D eigenvalue weighted by molar-refractivity contribution is -0.118. The monoisotopic (exact) mass is 464 g/mol. The minimum atomic E-state index is -0.165. The number of carbonyl (C=O) groups is 1. The number of rotatable bonds is 6. The van der Waals surface area contributed by atoms with Gasteiger partial charge < -0.3 is 19.9 Å². The standard InChI is InChI=1S/C26H32N4O2S/c1-18-13-25(30-11-7-21(8-12-30)29-9-3-4-10-29)28-24-6-5-20(15-23(18)24)27-26(31)16-32-22-14-19(2)33-17-22/h5-6,13-15,17,21H,3-4,7-12,16H2,1-2H3,(H,27,31). The van der Waals surface area contributed by atoms with E-state index >= 15 is 0 Å². The number of piperidine rings is 1. The van der Waals surface area contributed by atoms with Crippen molar-refractivity contribution in [2.24, 2.45) is 0 Å². The topological polar surface area (TPSA) is 57.7 Å². The fraction of sp³-hybridized carbons (Fsp3) is 0.462. The number of nitrogens with zero attached hydrogens (tertiary/aromatic N) is 3. The first kappa shape index (κ1) is 22.2. The number of carbonyl (C=O) groups excluding carboxylic acids is 1. The van der Waals surface area contributed by atoms with Gasteiger partial charge in [0.05, 0.1) is 5.52 Å². The van der Waals surface area contributed by atoms with E-state index in [0.29, 0.717) is 0 Å². The van der Waals surface area contributed by atoms with Crippen LogP contribution in [0.1, 0.15) is 36.1 Å². The minimum Gasteiger partial charge on any atom is -0.483 e. The van der Waals surface area contributed by atoms with E-state index in [1.54, 1.807) is 11.3 Å². The van der Waals surface area contributed by atoms with E-state index in [2.05, 4.69) is 28.1 Å². The number of thiophene rings is 1. The maximum absolute atomic E-state index is 12.3. The number of amides is 1. The Hall–Kier alpha value is -2.64. The molecule has 0 unspecified atom stereocenters. The quantitative estimate of drug-likeness (QED) is 0.557. The fourth-order valence-electron chi connectivity index (χ4n) is 5.02. The van der Waals surface area contributed by atoms with Gasteiger partial charge in [0, 0.05) is 40.5 Å². The maximum Gasteiger partial charge on any atom is 0.262 e. The Bertz CT molecular complexity index is 1130. The van der Waals surface area contributed by atoms with Gasteiger partial charge in [-0.15, -0.1) is 11.3 Å². The summed E-state index contributed by atoms with van der Waals surface area (Å²) in [6, 6.07) is 10.8. The number of aryl methyl sites for hydroxylation is 2. The van der Waals surface area contributed by atoms with Crippen molar-refractivity contribution in [2.45, 2.75) is 45.6 Å². The highest BCUT2D eigenvalue weighted by Crippen LogP contribution is 2.28. The Balaban J connectivity index is 1.22. The predicted octanol–water partition coefficient (Wildman–Crippen LogP) is 5.00. The molecule has 7 heteroatoms. The molecule has 0 aliphatic carbocycles. The third-order valence-corrected chi connectivity index (χ3v) is 7.65. The van der Waals surface area contributed by atoms with Gasteiger partial charge in [-0.1, -0.05) is 0 Å². The number of nitrogens with one attached hydrogen (secondary N) is 1. The molecule has 1 N–H and O–H groups in total. The summed E-state index contributed by atoms with van der Waals surface area (Å²) in [5.74, 6) is 1.64. The second kappa shape index (κ2) is 9.69. The van der Waals surface area contributed by atoms with Gasteiger partial charge in [0.15, 0.2) is 6.61 Å². The molecule has 5 rings (SSSR count). The van der Waals surface area contributed by atoms with E-state index in [0.717, 1.165) is 47.3 Å². The Morgan fingerprint density at radius 1 is 1.12 bits per heavy atom. The molecule has 1 aromatic carbocycles. The number of hydrogen-bond donors (Lipinski definition) is 1. The van der Waals surface area contributed by atoms with Gasteiger partial charge in [-0.3, -0.25) is 4.79 Å². The molecular formula is C26H32N4O2S. The average Bonchev–Trinajstić information content (AvgIpc) is 3.50. The highest BCUT2D eigenvalue weighted by Gasteiger charge is 2.27. The molecule has 6 nitrogen and oxygen atoms in total. The van der Waals surface area contributed by atoms with Crippen LogP contribution in [0.25, 0.3) is 10.9 Å². The molecule has 2 saturated heterocycles. The number of aromatic nitrogens is 1. The summed E-state index contributed by atoms with van der Waals surface area (Å²) in [5.41, 5.74) is 2.91. The summed E-state index contributed by atoms with van der Waals surface area (Å²) in [7, 11) is 0. The Morgan fingerprint density at radius 3 is 2.64 bits per heavy atom. The van der Waals surface area contributed by atoms with Crippen molar-refractivity contribution in [3.63, 3.8) is 0 Å². The largest absolute Gasteiger partial charge is 0.483 e. The number of hydrogen-bond acceptors (Lipinski definition) is 6. The van der Waals surface area contributed by atoms with Crippen LogP contribution in [0.4, 0.5) is 11.5 Å². The van der Waals surface area contributed by atoms with Crippen LogP contribution in [0.15, 0.2) is 35.7 Å². The first-order valence-electron chi connectivity index (χ1n) is 11.9. The molecule has 4 heterocycles. The van der Waals surface area contributed by atoms with Crippen molar-refractivity contribution in [3.8, 4) is 5.75 Å². The molecule has 0 saturated carbocycles. The fourth-order valence-corrected chi connectivity index (χ4v) is 5.65. The third-order valence-electron chi connectivity index (χ3n) is 6.81. The summed E-state index contributed by atoms with van der Waals surface area (Å²) in [5, 5.41) is 5.93. The second-order valence-corrected chi connectivity index (χ2v) is 10.3. The van der Waals surface area contributed by atoms with Crippen molar-refractivity contribution >= 4 is 39.7 Å². The van der Waals surface area contributed by atoms with Crippen LogP contribution >= 0.6 is 11.3 Å². The van der Waals surface area contributed by atoms with Gasteiger partial charge in [-0.25, -0.2) is 4.98 Å². The van der Waals surface area contributed by atoms with E-state index < -0.39 is 0 Å². The van der Waals surface area contributed by atoms with Gasteiger partial charge in [0.25, 0.3) is 5.91 Å². The molecule has 2 aromatic heterocycles. The number of fused-ring (bicyclic) bond motifs is 1. The Kier molecular flexibility index (Phi) is 6.51. The first-order chi connectivity index (χ1) is 16.0. The summed E-state index contributed by atoms with van der Waals surface area (Å²) >= 11 is 1.61. The molecule has 2 aliphatic rings. The van der Waals surface area contributed by atoms with Gasteiger partial charge >= 0.3 is 0 Å². The van der Waals surface area contributed by atoms with Crippen molar-refractivity contribution in [3.05, 3.63) is 46.2 Å². The molecule has 0 atom stereocenters. The highest BCUT2D eigenvalue weighted by molar-refractivity contribution is 7.10. The van der Waals surface area contributed by atoms with Crippen molar-refractivity contribution in [1.29, 1.82) is 0 Å². The lowest BCUT2D eigenvalue weighted by atomic mass is 10.0. The zero-order chi connectivity index (χ0) is 22.8. The number of ether oxygens (including phenoxy) is 1. The van der Waals surface area contributed by atoms with Crippen LogP contribution in [0, 0.1) is 13.8 Å². The van der Waals surface area contributed by atoms with Crippen LogP contribution in [0.5, 0.6) is 5.75 Å². The minimum absolute atomic E-state index is 0.00222. The lowest BCUT2D eigenvalue weighted by Crippen LogP contribution is -2.44. The van der Waals surface area contributed by atoms with E-state index in [-0.39, 0.29) is 12.5 Å². The third kappa shape index (κ3) is 5.14. The van der Waals surface area contributed by atoms with Crippen molar-refractivity contribution in [1.82, 2.24) is 9.88 Å². The summed E-state index contributed by atoms with van der Waals surface area (Å²) < 4.78 is 5.57. The second-order valence-electron chi connectivity index (χ2n) is 9.22. The van der Waals surface area contributed by atoms with E-state index in [1.165, 1.54) is 49.2 Å². The summed E-state index contributed by atoms with van der Waals surface area (Å²) in [4.78, 5) is 23.6. The van der Waals surface area contributed by atoms with Crippen molar-refractivity contribution < 1.29 is 9.53 Å². The SMILES string of the molecule is Cc1cc(OCC(=O)Nc2ccc3nc(N4CCC(N5CCCC5)CC4)cc(C)c3c2)cs1. The van der Waals surface area contributed by atoms with Gasteiger partial charge in [-0.05, 0) is 88.5 Å². The summed E-state index contributed by atoms with van der Waals surface area (Å²) in [6.07, 6.45) is 5.15. The van der Waals surface area contributed by atoms with E-state index in [1.807, 2.05) is 36.6 Å². The Morgan fingerprint density at radius 2 is 1.91 bits per heavy atom. The van der Waals surface area contributed by atoms with Crippen molar-refractivity contribution in [2.75, 3.05) is 43.0 Å². The molecule has 3 aromatic rings. The number of anilines is 2. The molecule has 0 spiro atoms. The number of pyridine rings is 1. The van der Waals surface area contributed by atoms with Gasteiger partial charge in [0.2, 0.25) is 0 Å². The van der Waals surface area contributed by atoms with Crippen LogP contribution in [0.2, 0.25) is 0 Å². The van der Waals surface area contributed by atoms with Crippen LogP contribution in [-0.2, 0) is 4.79 Å². The van der Waals surface area contributed by atoms with Crippen LogP contribution in [-0.4, -0.2) is 54.6 Å². The van der Waals surface area contributed by atoms with E-state index in [4.69, 9.17) is 9.72 Å². The molecule has 2 aliphatic heterocycles. The number of benzene rings is 1. The molecule has 33 heavy (non-hydrogen) atoms. The molecule has 0 bridgehead atoms. The molecule has 174 valence electrons. The van der Waals surface area contributed by atoms with Gasteiger partial charge in [0.1, 0.15) is 11.6 Å². The van der Waals surface area contributed by atoms with Gasteiger partial charge in [-0.2, -0.15) is 0 Å². The normalized spacial score (nSPS) is 17.6. The lowest BCUT2D eigenvalue weighted by Gasteiger charge is -2.37. The first-order valence-corrected chi connectivity index (χ1v) is 12.8. The predicted molar refractivity (Wildman–Crippen MR) is 136 cm³/mol. The molecular weight excluding hydrogens is 432 g/mol. The smallest absolute Gasteiger partial charge is 0.262 e. The highest BCUT2D eigenvalue weighted by atomic mass is 32.1. The zero-order valence-corrected chi connectivity index (χ0v) is 20.3. The molecule has 0 radical (unpaired) electrons. The summed E-state index contributed by atoms with van der Waals surface area (Å²) in [6.45, 7) is 8.82. The van der Waals surface area contributed by atoms with E-state index in [9.17, 15) is 4.79 Å². The Labute approximate surface area is 199 Å². The average molecular weight is 465 g/mol. The number of likely N-dealkylation sites (tertiary alicyclic amines) is 1. The van der Waals surface area contributed by atoms with Crippen LogP contribution in [0.3, 0.4) is 0 Å². The van der Waals surface area contributed by atoms with Crippen LogP contribution < -0.4 is 15.0 Å². The zero-order valence-electron chi connectivity index (χ0n) is 19.5. The molecule has 1 amide bonds.